The summed E-state index contributed by atoms with van der Waals surface area (Å²) in [6.45, 7) is 0.367. The first-order valence-corrected chi connectivity index (χ1v) is 10.1. The second-order valence-electron chi connectivity index (χ2n) is 5.89. The van der Waals surface area contributed by atoms with Crippen LogP contribution in [0, 0.1) is 0 Å². The number of nitrogens with zero attached hydrogens (tertiary/aromatic N) is 1. The van der Waals surface area contributed by atoms with Crippen molar-refractivity contribution in [3.63, 3.8) is 0 Å². The Labute approximate surface area is 135 Å². The molecule has 0 aromatic carbocycles. The minimum absolute atomic E-state index is 0.353. The van der Waals surface area contributed by atoms with Crippen LogP contribution in [0.1, 0.15) is 48.6 Å². The Kier molecular flexibility index (Phi) is 4.56. The maximum atomic E-state index is 13.0. The van der Waals surface area contributed by atoms with Crippen LogP contribution in [-0.2, 0) is 26.0 Å². The highest BCUT2D eigenvalue weighted by molar-refractivity contribution is 7.89. The fourth-order valence-electron chi connectivity index (χ4n) is 3.48. The van der Waals surface area contributed by atoms with Gasteiger partial charge in [0.25, 0.3) is 0 Å². The zero-order chi connectivity index (χ0) is 15.7. The van der Waals surface area contributed by atoms with Crippen molar-refractivity contribution in [2.75, 3.05) is 13.7 Å². The molecule has 1 saturated carbocycles. The van der Waals surface area contributed by atoms with E-state index in [4.69, 9.17) is 4.74 Å². The molecular formula is C15H21NO4S2. The highest BCUT2D eigenvalue weighted by Gasteiger charge is 2.44. The maximum Gasteiger partial charge on any atom is 0.328 e. The number of carbonyl (C=O) groups excluding carboxylic acids is 1. The molecule has 0 spiro atoms. The zero-order valence-corrected chi connectivity index (χ0v) is 14.3. The second kappa shape index (κ2) is 6.29. The van der Waals surface area contributed by atoms with E-state index in [9.17, 15) is 13.2 Å². The van der Waals surface area contributed by atoms with Gasteiger partial charge < -0.3 is 4.74 Å². The number of fused-ring (bicyclic) bond motifs is 1. The largest absolute Gasteiger partial charge is 0.468 e. The van der Waals surface area contributed by atoms with Crippen molar-refractivity contribution in [3.8, 4) is 0 Å². The number of hydrogen-bond donors (Lipinski definition) is 0. The second-order valence-corrected chi connectivity index (χ2v) is 9.06. The lowest BCUT2D eigenvalue weighted by atomic mass is 10.0. The Morgan fingerprint density at radius 2 is 2.05 bits per heavy atom. The van der Waals surface area contributed by atoms with Crippen molar-refractivity contribution in [1.82, 2.24) is 4.31 Å². The molecule has 0 bridgehead atoms. The van der Waals surface area contributed by atoms with E-state index < -0.39 is 22.0 Å². The number of sulfonamides is 1. The van der Waals surface area contributed by atoms with Crippen LogP contribution in [0.2, 0.25) is 0 Å². The van der Waals surface area contributed by atoms with E-state index in [0.29, 0.717) is 25.8 Å². The van der Waals surface area contributed by atoms with E-state index >= 15 is 0 Å². The van der Waals surface area contributed by atoms with Crippen LogP contribution in [0.15, 0.2) is 11.4 Å². The Bertz CT molecular complexity index is 646. The van der Waals surface area contributed by atoms with Crippen molar-refractivity contribution in [2.24, 2.45) is 0 Å². The summed E-state index contributed by atoms with van der Waals surface area (Å²) in [6, 6.07) is 1.04. The zero-order valence-electron chi connectivity index (χ0n) is 12.7. The van der Waals surface area contributed by atoms with Gasteiger partial charge in [0.1, 0.15) is 6.04 Å². The summed E-state index contributed by atoms with van der Waals surface area (Å²) in [5.74, 6) is -0.487. The van der Waals surface area contributed by atoms with Crippen LogP contribution in [0.5, 0.6) is 0 Å². The maximum absolute atomic E-state index is 13.0. The van der Waals surface area contributed by atoms with E-state index in [1.165, 1.54) is 11.4 Å². The SMILES string of the molecule is COC(=O)C1c2ccsc2CCN1S(=O)(=O)C1CCCCC1. The van der Waals surface area contributed by atoms with E-state index in [0.717, 1.165) is 29.7 Å². The van der Waals surface area contributed by atoms with Crippen LogP contribution < -0.4 is 0 Å². The molecule has 2 heterocycles. The lowest BCUT2D eigenvalue weighted by molar-refractivity contribution is -0.145. The number of thiophene rings is 1. The van der Waals surface area contributed by atoms with Gasteiger partial charge in [0, 0.05) is 11.4 Å². The van der Waals surface area contributed by atoms with Gasteiger partial charge in [0.15, 0.2) is 0 Å². The summed E-state index contributed by atoms with van der Waals surface area (Å²) < 4.78 is 32.3. The van der Waals surface area contributed by atoms with Gasteiger partial charge in [-0.05, 0) is 36.3 Å². The molecule has 3 rings (SSSR count). The van der Waals surface area contributed by atoms with Crippen LogP contribution in [0.4, 0.5) is 0 Å². The van der Waals surface area contributed by atoms with Crippen molar-refractivity contribution in [3.05, 3.63) is 21.9 Å². The number of carbonyl (C=O) groups is 1. The summed E-state index contributed by atoms with van der Waals surface area (Å²) in [5.41, 5.74) is 0.794. The molecule has 0 N–H and O–H groups in total. The summed E-state index contributed by atoms with van der Waals surface area (Å²) in [6.07, 6.45) is 5.06. The molecule has 1 atom stereocenters. The fraction of sp³-hybridized carbons (Fsp3) is 0.667. The van der Waals surface area contributed by atoms with E-state index in [2.05, 4.69) is 0 Å². The summed E-state index contributed by atoms with van der Waals surface area (Å²) >= 11 is 1.58. The smallest absolute Gasteiger partial charge is 0.328 e. The highest BCUT2D eigenvalue weighted by atomic mass is 32.2. The van der Waals surface area contributed by atoms with Crippen molar-refractivity contribution in [1.29, 1.82) is 0 Å². The number of rotatable bonds is 3. The Hall–Kier alpha value is -0.920. The Morgan fingerprint density at radius 3 is 2.73 bits per heavy atom. The van der Waals surface area contributed by atoms with Gasteiger partial charge in [-0.2, -0.15) is 4.31 Å². The summed E-state index contributed by atoms with van der Waals surface area (Å²) in [5, 5.41) is 1.56. The predicted molar refractivity (Wildman–Crippen MR) is 85.3 cm³/mol. The molecule has 1 aromatic rings. The average molecular weight is 343 g/mol. The molecule has 22 heavy (non-hydrogen) atoms. The molecule has 1 unspecified atom stereocenters. The first kappa shape index (κ1) is 16.0. The van der Waals surface area contributed by atoms with Gasteiger partial charge in [-0.25, -0.2) is 13.2 Å². The normalized spacial score (nSPS) is 24.0. The molecule has 0 saturated heterocycles. The molecular weight excluding hydrogens is 322 g/mol. The molecule has 1 aliphatic heterocycles. The molecule has 1 aromatic heterocycles. The van der Waals surface area contributed by atoms with E-state index in [1.807, 2.05) is 11.4 Å². The summed E-state index contributed by atoms with van der Waals surface area (Å²) in [4.78, 5) is 13.3. The molecule has 1 fully saturated rings. The quantitative estimate of drug-likeness (QED) is 0.791. The van der Waals surface area contributed by atoms with Gasteiger partial charge in [-0.15, -0.1) is 11.3 Å². The van der Waals surface area contributed by atoms with Gasteiger partial charge >= 0.3 is 5.97 Å². The minimum Gasteiger partial charge on any atom is -0.468 e. The first-order valence-electron chi connectivity index (χ1n) is 7.70. The standard InChI is InChI=1S/C15H21NO4S2/c1-20-15(17)14-12-8-10-21-13(12)7-9-16(14)22(18,19)11-5-3-2-4-6-11/h8,10-11,14H,2-7,9H2,1H3. The Balaban J connectivity index is 1.96. The number of esters is 1. The number of hydrogen-bond acceptors (Lipinski definition) is 5. The third-order valence-electron chi connectivity index (χ3n) is 4.65. The van der Waals surface area contributed by atoms with Crippen LogP contribution in [0.25, 0.3) is 0 Å². The molecule has 122 valence electrons. The molecule has 0 radical (unpaired) electrons. The van der Waals surface area contributed by atoms with Gasteiger partial charge in [-0.3, -0.25) is 0 Å². The van der Waals surface area contributed by atoms with Gasteiger partial charge in [-0.1, -0.05) is 19.3 Å². The highest BCUT2D eigenvalue weighted by Crippen LogP contribution is 2.38. The van der Waals surface area contributed by atoms with Crippen molar-refractivity contribution >= 4 is 27.3 Å². The van der Waals surface area contributed by atoms with Gasteiger partial charge in [0.05, 0.1) is 12.4 Å². The number of methoxy groups -OCH3 is 1. The fourth-order valence-corrected chi connectivity index (χ4v) is 6.53. The third kappa shape index (κ3) is 2.70. The van der Waals surface area contributed by atoms with Crippen molar-refractivity contribution < 1.29 is 17.9 Å². The number of ether oxygens (including phenoxy) is 1. The molecule has 7 heteroatoms. The van der Waals surface area contributed by atoms with Crippen molar-refractivity contribution in [2.45, 2.75) is 49.8 Å². The third-order valence-corrected chi connectivity index (χ3v) is 8.00. The van der Waals surface area contributed by atoms with E-state index in [-0.39, 0.29) is 5.25 Å². The van der Waals surface area contributed by atoms with Gasteiger partial charge in [0.2, 0.25) is 10.0 Å². The minimum atomic E-state index is -3.47. The predicted octanol–water partition coefficient (Wildman–Crippen LogP) is 2.48. The summed E-state index contributed by atoms with van der Waals surface area (Å²) in [7, 11) is -2.16. The lowest BCUT2D eigenvalue weighted by Gasteiger charge is -2.36. The molecule has 1 aliphatic carbocycles. The topological polar surface area (TPSA) is 63.7 Å². The first-order chi connectivity index (χ1) is 10.6. The van der Waals surface area contributed by atoms with Crippen LogP contribution in [-0.4, -0.2) is 37.6 Å². The van der Waals surface area contributed by atoms with Crippen LogP contribution >= 0.6 is 11.3 Å². The molecule has 0 amide bonds. The van der Waals surface area contributed by atoms with Crippen LogP contribution in [0.3, 0.4) is 0 Å². The Morgan fingerprint density at radius 1 is 1.32 bits per heavy atom. The lowest BCUT2D eigenvalue weighted by Crippen LogP contribution is -2.47. The molecule has 2 aliphatic rings. The monoisotopic (exact) mass is 343 g/mol. The molecule has 5 nitrogen and oxygen atoms in total. The van der Waals surface area contributed by atoms with E-state index in [1.54, 1.807) is 11.3 Å². The average Bonchev–Trinajstić information content (AvgIpc) is 3.02.